The molecular weight excluding hydrogens is 615 g/mol. The van der Waals surface area contributed by atoms with Crippen LogP contribution in [-0.2, 0) is 4.79 Å². The number of hydrogen-bond donors (Lipinski definition) is 3. The second-order valence-electron chi connectivity index (χ2n) is 15.8. The van der Waals surface area contributed by atoms with Gasteiger partial charge < -0.3 is 15.5 Å². The summed E-state index contributed by atoms with van der Waals surface area (Å²) >= 11 is 0. The number of rotatable bonds is 42. The van der Waals surface area contributed by atoms with Crippen LogP contribution in [0.4, 0.5) is 0 Å². The Bertz CT molecular complexity index is 680. The lowest BCUT2D eigenvalue weighted by Gasteiger charge is -2.22. The van der Waals surface area contributed by atoms with Crippen LogP contribution in [0.3, 0.4) is 0 Å². The van der Waals surface area contributed by atoms with Gasteiger partial charge in [0.1, 0.15) is 0 Å². The van der Waals surface area contributed by atoms with Gasteiger partial charge in [-0.1, -0.05) is 225 Å². The summed E-state index contributed by atoms with van der Waals surface area (Å²) in [6.07, 6.45) is 52.9. The number of allylic oxidation sites excluding steroid dienone is 2. The lowest BCUT2D eigenvalue weighted by molar-refractivity contribution is -0.123. The summed E-state index contributed by atoms with van der Waals surface area (Å²) in [6.45, 7) is 4.38. The van der Waals surface area contributed by atoms with Gasteiger partial charge in [-0.05, 0) is 38.5 Å². The van der Waals surface area contributed by atoms with Crippen molar-refractivity contribution in [1.29, 1.82) is 0 Å². The molecule has 4 nitrogen and oxygen atoms in total. The van der Waals surface area contributed by atoms with E-state index in [2.05, 4.69) is 31.3 Å². The number of aliphatic hydroxyl groups is 2. The van der Waals surface area contributed by atoms with E-state index in [-0.39, 0.29) is 12.5 Å². The van der Waals surface area contributed by atoms with E-state index in [4.69, 9.17) is 0 Å². The average Bonchev–Trinajstić information content (AvgIpc) is 3.12. The molecule has 2 atom stereocenters. The van der Waals surface area contributed by atoms with Crippen LogP contribution in [0.2, 0.25) is 0 Å². The number of nitrogens with one attached hydrogen (secondary N) is 1. The maximum atomic E-state index is 12.4. The third-order valence-electron chi connectivity index (χ3n) is 10.8. The van der Waals surface area contributed by atoms with Crippen LogP contribution in [0, 0.1) is 0 Å². The minimum absolute atomic E-state index is 0.0323. The minimum Gasteiger partial charge on any atom is -0.394 e. The van der Waals surface area contributed by atoms with Crippen LogP contribution < -0.4 is 5.32 Å². The molecule has 0 aliphatic carbocycles. The monoisotopic (exact) mass is 706 g/mol. The Morgan fingerprint density at radius 3 is 1.10 bits per heavy atom. The van der Waals surface area contributed by atoms with Crippen LogP contribution in [0.25, 0.3) is 0 Å². The maximum absolute atomic E-state index is 12.4. The lowest BCUT2D eigenvalue weighted by Crippen LogP contribution is -2.45. The Hall–Kier alpha value is -0.870. The highest BCUT2D eigenvalue weighted by Gasteiger charge is 2.20. The second kappa shape index (κ2) is 42.5. The van der Waals surface area contributed by atoms with Gasteiger partial charge in [-0.3, -0.25) is 4.79 Å². The Labute approximate surface area is 314 Å². The molecule has 298 valence electrons. The molecule has 0 saturated heterocycles. The Morgan fingerprint density at radius 2 is 0.760 bits per heavy atom. The molecule has 0 aliphatic heterocycles. The predicted molar refractivity (Wildman–Crippen MR) is 221 cm³/mol. The normalized spacial score (nSPS) is 13.0. The number of carbonyl (C=O) groups is 1. The fourth-order valence-corrected chi connectivity index (χ4v) is 7.24. The molecule has 3 N–H and O–H groups in total. The standard InChI is InChI=1S/C46H91NO3/c1-3-5-7-9-11-13-15-17-19-21-23-24-26-28-30-32-34-36-38-40-42-46(50)47-44(43-48)45(49)41-39-37-35-33-31-29-27-25-22-20-18-16-14-12-10-8-6-4-2/h23-24,44-45,48-49H,3-22,25-43H2,1-2H3,(H,47,50)/b24-23-. The Balaban J connectivity index is 3.49. The number of amides is 1. The fraction of sp³-hybridized carbons (Fsp3) is 0.935. The molecular formula is C46H91NO3. The van der Waals surface area contributed by atoms with Crippen molar-refractivity contribution in [3.8, 4) is 0 Å². The Morgan fingerprint density at radius 1 is 0.460 bits per heavy atom. The first-order chi connectivity index (χ1) is 24.7. The molecule has 0 rings (SSSR count). The molecule has 0 heterocycles. The topological polar surface area (TPSA) is 69.6 Å². The quantitative estimate of drug-likeness (QED) is 0.0437. The zero-order chi connectivity index (χ0) is 36.4. The number of aliphatic hydroxyl groups excluding tert-OH is 2. The molecule has 50 heavy (non-hydrogen) atoms. The molecule has 0 bridgehead atoms. The van der Waals surface area contributed by atoms with Crippen molar-refractivity contribution in [2.75, 3.05) is 6.61 Å². The molecule has 0 aromatic rings. The first-order valence-electron chi connectivity index (χ1n) is 22.9. The summed E-state index contributed by atoms with van der Waals surface area (Å²) in [5.74, 6) is -0.0323. The van der Waals surface area contributed by atoms with Gasteiger partial charge in [-0.2, -0.15) is 0 Å². The number of carbonyl (C=O) groups excluding carboxylic acids is 1. The molecule has 4 heteroatoms. The molecule has 0 radical (unpaired) electrons. The van der Waals surface area contributed by atoms with Crippen LogP contribution in [0.1, 0.15) is 258 Å². The molecule has 0 aromatic carbocycles. The SMILES string of the molecule is CCCCCCCCCCC/C=C\CCCCCCCCCC(=O)NC(CO)C(O)CCCCCCCCCCCCCCCCCCCC. The van der Waals surface area contributed by atoms with Crippen molar-refractivity contribution in [1.82, 2.24) is 5.32 Å². The van der Waals surface area contributed by atoms with Crippen molar-refractivity contribution in [3.63, 3.8) is 0 Å². The number of unbranched alkanes of at least 4 members (excludes halogenated alkanes) is 33. The maximum Gasteiger partial charge on any atom is 0.220 e. The van der Waals surface area contributed by atoms with Gasteiger partial charge in [0.2, 0.25) is 5.91 Å². The van der Waals surface area contributed by atoms with E-state index in [1.54, 1.807) is 0 Å². The average molecular weight is 706 g/mol. The van der Waals surface area contributed by atoms with Gasteiger partial charge in [0, 0.05) is 6.42 Å². The first-order valence-corrected chi connectivity index (χ1v) is 22.9. The van der Waals surface area contributed by atoms with Gasteiger partial charge in [0.05, 0.1) is 18.8 Å². The molecule has 0 spiro atoms. The molecule has 0 saturated carbocycles. The Kier molecular flexibility index (Phi) is 41.8. The zero-order valence-electron chi connectivity index (χ0n) is 34.2. The summed E-state index contributed by atoms with van der Waals surface area (Å²) in [4.78, 5) is 12.4. The van der Waals surface area contributed by atoms with Crippen molar-refractivity contribution in [2.24, 2.45) is 0 Å². The third kappa shape index (κ3) is 38.4. The van der Waals surface area contributed by atoms with Crippen LogP contribution in [0.15, 0.2) is 12.2 Å². The van der Waals surface area contributed by atoms with Gasteiger partial charge >= 0.3 is 0 Å². The highest BCUT2D eigenvalue weighted by atomic mass is 16.3. The molecule has 1 amide bonds. The van der Waals surface area contributed by atoms with E-state index < -0.39 is 12.1 Å². The largest absolute Gasteiger partial charge is 0.394 e. The van der Waals surface area contributed by atoms with E-state index in [1.807, 2.05) is 0 Å². The number of hydrogen-bond acceptors (Lipinski definition) is 3. The van der Waals surface area contributed by atoms with Crippen LogP contribution in [0.5, 0.6) is 0 Å². The summed E-state index contributed by atoms with van der Waals surface area (Å²) in [5.41, 5.74) is 0. The van der Waals surface area contributed by atoms with Crippen molar-refractivity contribution in [2.45, 2.75) is 270 Å². The van der Waals surface area contributed by atoms with E-state index in [1.165, 1.54) is 205 Å². The lowest BCUT2D eigenvalue weighted by atomic mass is 10.0. The summed E-state index contributed by atoms with van der Waals surface area (Å²) in [6, 6.07) is -0.535. The molecule has 0 aromatic heterocycles. The van der Waals surface area contributed by atoms with Crippen molar-refractivity contribution in [3.05, 3.63) is 12.2 Å². The van der Waals surface area contributed by atoms with E-state index in [0.717, 1.165) is 25.7 Å². The van der Waals surface area contributed by atoms with E-state index in [0.29, 0.717) is 12.8 Å². The van der Waals surface area contributed by atoms with Gasteiger partial charge in [-0.15, -0.1) is 0 Å². The summed E-state index contributed by atoms with van der Waals surface area (Å²) in [5, 5.41) is 23.2. The zero-order valence-corrected chi connectivity index (χ0v) is 34.2. The van der Waals surface area contributed by atoms with Gasteiger partial charge in [0.25, 0.3) is 0 Å². The minimum atomic E-state index is -0.658. The fourth-order valence-electron chi connectivity index (χ4n) is 7.24. The summed E-state index contributed by atoms with van der Waals surface area (Å²) in [7, 11) is 0. The third-order valence-corrected chi connectivity index (χ3v) is 10.8. The first kappa shape index (κ1) is 49.1. The highest BCUT2D eigenvalue weighted by Crippen LogP contribution is 2.16. The van der Waals surface area contributed by atoms with Crippen LogP contribution >= 0.6 is 0 Å². The molecule has 0 aliphatic rings. The van der Waals surface area contributed by atoms with E-state index in [9.17, 15) is 15.0 Å². The van der Waals surface area contributed by atoms with Gasteiger partial charge in [-0.25, -0.2) is 0 Å². The van der Waals surface area contributed by atoms with Crippen molar-refractivity contribution >= 4 is 5.91 Å². The predicted octanol–water partition coefficient (Wildman–Crippen LogP) is 14.2. The highest BCUT2D eigenvalue weighted by molar-refractivity contribution is 5.76. The van der Waals surface area contributed by atoms with Crippen molar-refractivity contribution < 1.29 is 15.0 Å². The van der Waals surface area contributed by atoms with E-state index >= 15 is 0 Å². The van der Waals surface area contributed by atoms with Gasteiger partial charge in [0.15, 0.2) is 0 Å². The molecule has 2 unspecified atom stereocenters. The summed E-state index contributed by atoms with van der Waals surface area (Å²) < 4.78 is 0. The smallest absolute Gasteiger partial charge is 0.220 e. The van der Waals surface area contributed by atoms with Crippen LogP contribution in [-0.4, -0.2) is 34.9 Å². The second-order valence-corrected chi connectivity index (χ2v) is 15.8. The molecule has 0 fully saturated rings.